The van der Waals surface area contributed by atoms with E-state index in [1.165, 1.54) is 0 Å². The number of carbonyl (C=O) groups excluding carboxylic acids is 1. The smallest absolute Gasteiger partial charge is 0.272 e. The number of hydrogen-bond acceptors (Lipinski definition) is 5. The number of rotatable bonds is 2. The highest BCUT2D eigenvalue weighted by atomic mass is 16.5. The minimum absolute atomic E-state index is 0.0793. The van der Waals surface area contributed by atoms with E-state index >= 15 is 0 Å². The maximum absolute atomic E-state index is 13.0. The zero-order chi connectivity index (χ0) is 17.4. The lowest BCUT2D eigenvalue weighted by Gasteiger charge is -2.32. The number of morpholine rings is 1. The van der Waals surface area contributed by atoms with Crippen molar-refractivity contribution in [2.45, 2.75) is 13.0 Å². The van der Waals surface area contributed by atoms with Gasteiger partial charge in [0.2, 0.25) is 0 Å². The number of carbonyl (C=O) groups is 1. The Labute approximate surface area is 145 Å². The molecule has 3 aromatic rings. The molecule has 1 unspecified atom stereocenters. The van der Waals surface area contributed by atoms with Crippen molar-refractivity contribution in [3.63, 3.8) is 0 Å². The minimum Gasteiger partial charge on any atom is -0.366 e. The van der Waals surface area contributed by atoms with E-state index in [0.717, 1.165) is 22.3 Å². The highest BCUT2D eigenvalue weighted by Gasteiger charge is 2.29. The Bertz CT molecular complexity index is 936. The average molecular weight is 337 g/mol. The molecule has 1 aliphatic rings. The highest BCUT2D eigenvalue weighted by Crippen LogP contribution is 2.23. The van der Waals surface area contributed by atoms with Crippen LogP contribution in [0.5, 0.6) is 0 Å². The van der Waals surface area contributed by atoms with Gasteiger partial charge in [0.15, 0.2) is 5.82 Å². The number of amides is 1. The van der Waals surface area contributed by atoms with Crippen molar-refractivity contribution in [2.75, 3.05) is 19.7 Å². The number of para-hydroxylation sites is 1. The molecule has 128 valence electrons. The summed E-state index contributed by atoms with van der Waals surface area (Å²) in [4.78, 5) is 19.3. The Balaban J connectivity index is 1.61. The van der Waals surface area contributed by atoms with Gasteiger partial charge in [-0.25, -0.2) is 4.98 Å². The number of hydrogen-bond donors (Lipinski definition) is 0. The van der Waals surface area contributed by atoms with Gasteiger partial charge >= 0.3 is 0 Å². The van der Waals surface area contributed by atoms with Gasteiger partial charge in [-0.1, -0.05) is 18.2 Å². The summed E-state index contributed by atoms with van der Waals surface area (Å²) in [6.07, 6.45) is 1.36. The molecule has 1 aromatic carbocycles. The fraction of sp³-hybridized carbons (Fsp3) is 0.333. The Kier molecular flexibility index (Phi) is 3.93. The molecule has 1 amide bonds. The SMILES string of the molecule is Cc1cc(C(=O)N2CCOC(c3nncn3C)C2)nc2ccccc12. The molecule has 1 saturated heterocycles. The van der Waals surface area contributed by atoms with Gasteiger partial charge in [-0.3, -0.25) is 4.79 Å². The van der Waals surface area contributed by atoms with Gasteiger partial charge in [0, 0.05) is 19.0 Å². The summed E-state index contributed by atoms with van der Waals surface area (Å²) in [6.45, 7) is 3.46. The zero-order valence-electron chi connectivity index (χ0n) is 14.2. The average Bonchev–Trinajstić information content (AvgIpc) is 3.07. The summed E-state index contributed by atoms with van der Waals surface area (Å²) in [7, 11) is 1.87. The molecule has 0 spiro atoms. The number of fused-ring (bicyclic) bond motifs is 1. The third kappa shape index (κ3) is 2.87. The first kappa shape index (κ1) is 15.7. The summed E-state index contributed by atoms with van der Waals surface area (Å²) in [6, 6.07) is 9.72. The number of aryl methyl sites for hydroxylation is 2. The van der Waals surface area contributed by atoms with Gasteiger partial charge < -0.3 is 14.2 Å². The summed E-state index contributed by atoms with van der Waals surface area (Å²) < 4.78 is 7.59. The van der Waals surface area contributed by atoms with Crippen molar-refractivity contribution >= 4 is 16.8 Å². The third-order valence-electron chi connectivity index (χ3n) is 4.53. The second-order valence-electron chi connectivity index (χ2n) is 6.25. The number of nitrogens with zero attached hydrogens (tertiary/aromatic N) is 5. The van der Waals surface area contributed by atoms with E-state index in [2.05, 4.69) is 15.2 Å². The lowest BCUT2D eigenvalue weighted by Crippen LogP contribution is -2.43. The Morgan fingerprint density at radius 2 is 2.16 bits per heavy atom. The Morgan fingerprint density at radius 3 is 2.96 bits per heavy atom. The first-order valence-electron chi connectivity index (χ1n) is 8.24. The lowest BCUT2D eigenvalue weighted by molar-refractivity contribution is -0.0282. The molecule has 3 heterocycles. The number of benzene rings is 1. The summed E-state index contributed by atoms with van der Waals surface area (Å²) in [5, 5.41) is 9.05. The fourth-order valence-electron chi connectivity index (χ4n) is 3.19. The molecular formula is C18H19N5O2. The summed E-state index contributed by atoms with van der Waals surface area (Å²) >= 11 is 0. The van der Waals surface area contributed by atoms with Crippen molar-refractivity contribution in [3.8, 4) is 0 Å². The van der Waals surface area contributed by atoms with Gasteiger partial charge in [-0.05, 0) is 24.6 Å². The standard InChI is InChI=1S/C18H19N5O2/c1-12-9-15(20-14-6-4-3-5-13(12)14)18(24)23-7-8-25-16(10-23)17-21-19-11-22(17)2/h3-6,9,11,16H,7-8,10H2,1-2H3. The number of pyridine rings is 1. The van der Waals surface area contributed by atoms with Crippen LogP contribution in [-0.2, 0) is 11.8 Å². The van der Waals surface area contributed by atoms with Gasteiger partial charge in [0.1, 0.15) is 18.1 Å². The number of aromatic nitrogens is 4. The topological polar surface area (TPSA) is 73.1 Å². The van der Waals surface area contributed by atoms with E-state index in [9.17, 15) is 4.79 Å². The van der Waals surface area contributed by atoms with Gasteiger partial charge in [-0.2, -0.15) is 0 Å². The van der Waals surface area contributed by atoms with Crippen LogP contribution in [0.3, 0.4) is 0 Å². The predicted molar refractivity (Wildman–Crippen MR) is 92.1 cm³/mol. The molecule has 7 heteroatoms. The van der Waals surface area contributed by atoms with Crippen LogP contribution < -0.4 is 0 Å². The normalized spacial score (nSPS) is 17.8. The van der Waals surface area contributed by atoms with Gasteiger partial charge in [0.05, 0.1) is 18.7 Å². The number of ether oxygens (including phenoxy) is 1. The van der Waals surface area contributed by atoms with Crippen LogP contribution in [0, 0.1) is 6.92 Å². The van der Waals surface area contributed by atoms with Gasteiger partial charge in [0.25, 0.3) is 5.91 Å². The van der Waals surface area contributed by atoms with Crippen molar-refractivity contribution in [2.24, 2.45) is 7.05 Å². The molecule has 0 N–H and O–H groups in total. The highest BCUT2D eigenvalue weighted by molar-refractivity contribution is 5.96. The first-order valence-corrected chi connectivity index (χ1v) is 8.24. The van der Waals surface area contributed by atoms with Crippen LogP contribution in [-0.4, -0.2) is 50.3 Å². The minimum atomic E-state index is -0.272. The Hall–Kier alpha value is -2.80. The maximum Gasteiger partial charge on any atom is 0.272 e. The molecule has 4 rings (SSSR count). The molecule has 0 radical (unpaired) electrons. The quantitative estimate of drug-likeness (QED) is 0.714. The Morgan fingerprint density at radius 1 is 1.32 bits per heavy atom. The van der Waals surface area contributed by atoms with E-state index in [0.29, 0.717) is 25.4 Å². The van der Waals surface area contributed by atoms with Crippen molar-refractivity contribution < 1.29 is 9.53 Å². The lowest BCUT2D eigenvalue weighted by atomic mass is 10.1. The van der Waals surface area contributed by atoms with Crippen LogP contribution >= 0.6 is 0 Å². The van der Waals surface area contributed by atoms with Crippen LogP contribution in [0.25, 0.3) is 10.9 Å². The van der Waals surface area contributed by atoms with E-state index in [4.69, 9.17) is 4.74 Å². The van der Waals surface area contributed by atoms with Crippen molar-refractivity contribution in [1.29, 1.82) is 0 Å². The van der Waals surface area contributed by atoms with E-state index in [1.807, 2.05) is 48.9 Å². The van der Waals surface area contributed by atoms with Crippen molar-refractivity contribution in [1.82, 2.24) is 24.6 Å². The monoisotopic (exact) mass is 337 g/mol. The zero-order valence-corrected chi connectivity index (χ0v) is 14.2. The fourth-order valence-corrected chi connectivity index (χ4v) is 3.19. The van der Waals surface area contributed by atoms with Crippen molar-refractivity contribution in [3.05, 3.63) is 53.7 Å². The molecule has 1 fully saturated rings. The third-order valence-corrected chi connectivity index (χ3v) is 4.53. The van der Waals surface area contributed by atoms with E-state index in [1.54, 1.807) is 11.2 Å². The first-order chi connectivity index (χ1) is 12.1. The molecule has 1 aliphatic heterocycles. The van der Waals surface area contributed by atoms with E-state index in [-0.39, 0.29) is 12.0 Å². The maximum atomic E-state index is 13.0. The van der Waals surface area contributed by atoms with Gasteiger partial charge in [-0.15, -0.1) is 10.2 Å². The summed E-state index contributed by atoms with van der Waals surface area (Å²) in [5.74, 6) is 0.643. The molecular weight excluding hydrogens is 318 g/mol. The van der Waals surface area contributed by atoms with Crippen LogP contribution in [0.1, 0.15) is 28.0 Å². The largest absolute Gasteiger partial charge is 0.366 e. The van der Waals surface area contributed by atoms with E-state index < -0.39 is 0 Å². The van der Waals surface area contributed by atoms with Crippen LogP contribution in [0.15, 0.2) is 36.7 Å². The second-order valence-corrected chi connectivity index (χ2v) is 6.25. The van der Waals surface area contributed by atoms with Crippen LogP contribution in [0.2, 0.25) is 0 Å². The molecule has 0 bridgehead atoms. The van der Waals surface area contributed by atoms with Crippen LogP contribution in [0.4, 0.5) is 0 Å². The molecule has 0 aliphatic carbocycles. The predicted octanol–water partition coefficient (Wildman–Crippen LogP) is 1.89. The molecule has 2 aromatic heterocycles. The molecule has 0 saturated carbocycles. The molecule has 25 heavy (non-hydrogen) atoms. The summed E-state index contributed by atoms with van der Waals surface area (Å²) in [5.41, 5.74) is 2.35. The molecule has 1 atom stereocenters. The second kappa shape index (κ2) is 6.25. The molecule has 7 nitrogen and oxygen atoms in total.